The molecule has 2 aliphatic rings. The summed E-state index contributed by atoms with van der Waals surface area (Å²) in [5.74, 6) is 2.15. The molecule has 6 heteroatoms. The van der Waals surface area contributed by atoms with Crippen molar-refractivity contribution in [1.29, 1.82) is 0 Å². The lowest BCUT2D eigenvalue weighted by molar-refractivity contribution is 0.0528. The Morgan fingerprint density at radius 3 is 2.73 bits per heavy atom. The molecular formula is C24H30N2O2S2. The van der Waals surface area contributed by atoms with Crippen molar-refractivity contribution in [2.75, 3.05) is 11.9 Å². The van der Waals surface area contributed by atoms with Crippen LogP contribution < -0.4 is 10.6 Å². The van der Waals surface area contributed by atoms with Gasteiger partial charge in [-0.05, 0) is 74.7 Å². The molecule has 160 valence electrons. The fourth-order valence-corrected chi connectivity index (χ4v) is 6.57. The second-order valence-electron chi connectivity index (χ2n) is 8.56. The van der Waals surface area contributed by atoms with Gasteiger partial charge in [-0.2, -0.15) is 0 Å². The molecule has 0 radical (unpaired) electrons. The van der Waals surface area contributed by atoms with Crippen molar-refractivity contribution < 1.29 is 9.53 Å². The first-order valence-corrected chi connectivity index (χ1v) is 12.2. The van der Waals surface area contributed by atoms with Crippen LogP contribution in [0.3, 0.4) is 0 Å². The van der Waals surface area contributed by atoms with Gasteiger partial charge in [0.1, 0.15) is 5.00 Å². The minimum atomic E-state index is -0.306. The van der Waals surface area contributed by atoms with Crippen molar-refractivity contribution >= 4 is 39.6 Å². The molecule has 4 unspecified atom stereocenters. The van der Waals surface area contributed by atoms with Gasteiger partial charge in [0.15, 0.2) is 5.11 Å². The number of rotatable bonds is 7. The summed E-state index contributed by atoms with van der Waals surface area (Å²) < 4.78 is 5.27. The molecule has 2 aliphatic carbocycles. The van der Waals surface area contributed by atoms with Crippen molar-refractivity contribution in [3.63, 3.8) is 0 Å². The number of ether oxygens (including phenoxy) is 1. The number of nitrogens with one attached hydrogen (secondary N) is 2. The van der Waals surface area contributed by atoms with E-state index in [0.717, 1.165) is 28.1 Å². The molecule has 4 rings (SSSR count). The number of anilines is 1. The van der Waals surface area contributed by atoms with E-state index in [1.165, 1.54) is 31.2 Å². The fourth-order valence-electron chi connectivity index (χ4n) is 5.14. The van der Waals surface area contributed by atoms with Gasteiger partial charge in [-0.3, -0.25) is 0 Å². The van der Waals surface area contributed by atoms with Gasteiger partial charge >= 0.3 is 5.97 Å². The van der Waals surface area contributed by atoms with Gasteiger partial charge in [-0.15, -0.1) is 11.3 Å². The second kappa shape index (κ2) is 9.48. The smallest absolute Gasteiger partial charge is 0.341 e. The second-order valence-corrected chi connectivity index (χ2v) is 10.1. The van der Waals surface area contributed by atoms with E-state index in [1.807, 2.05) is 31.2 Å². The largest absolute Gasteiger partial charge is 0.462 e. The molecule has 0 saturated heterocycles. The predicted octanol–water partition coefficient (Wildman–Crippen LogP) is 5.63. The van der Waals surface area contributed by atoms with Gasteiger partial charge in [0.05, 0.1) is 12.2 Å². The van der Waals surface area contributed by atoms with Crippen LogP contribution in [-0.4, -0.2) is 23.7 Å². The van der Waals surface area contributed by atoms with Crippen LogP contribution in [0.5, 0.6) is 0 Å². The number of hydrogen-bond acceptors (Lipinski definition) is 4. The van der Waals surface area contributed by atoms with E-state index in [9.17, 15) is 4.79 Å². The highest BCUT2D eigenvalue weighted by molar-refractivity contribution is 7.80. The molecular weight excluding hydrogens is 412 g/mol. The quantitative estimate of drug-likeness (QED) is 0.430. The van der Waals surface area contributed by atoms with Gasteiger partial charge in [0.2, 0.25) is 0 Å². The minimum Gasteiger partial charge on any atom is -0.462 e. The zero-order valence-electron chi connectivity index (χ0n) is 17.6. The van der Waals surface area contributed by atoms with Crippen LogP contribution in [0.2, 0.25) is 0 Å². The molecule has 30 heavy (non-hydrogen) atoms. The number of carbonyl (C=O) groups excluding carboxylic acids is 1. The first kappa shape index (κ1) is 21.3. The average Bonchev–Trinajstić information content (AvgIpc) is 3.45. The fraction of sp³-hybridized carbons (Fsp3) is 0.500. The van der Waals surface area contributed by atoms with E-state index < -0.39 is 0 Å². The van der Waals surface area contributed by atoms with Gasteiger partial charge < -0.3 is 15.4 Å². The van der Waals surface area contributed by atoms with Crippen molar-refractivity contribution in [3.05, 3.63) is 52.4 Å². The topological polar surface area (TPSA) is 50.4 Å². The molecule has 2 saturated carbocycles. The number of thiocarbonyl (C=S) groups is 1. The Kier molecular flexibility index (Phi) is 6.74. The number of hydrogen-bond donors (Lipinski definition) is 2. The van der Waals surface area contributed by atoms with Gasteiger partial charge in [-0.25, -0.2) is 4.79 Å². The van der Waals surface area contributed by atoms with Crippen LogP contribution in [0.1, 0.15) is 60.3 Å². The monoisotopic (exact) mass is 442 g/mol. The highest BCUT2D eigenvalue weighted by atomic mass is 32.1. The molecule has 1 heterocycles. The van der Waals surface area contributed by atoms with E-state index in [2.05, 4.69) is 29.7 Å². The SMILES string of the molecule is CCOC(=O)c1cc(Cc2ccccc2)sc1NC(=S)NC(C)C1CC2CCC1C2. The van der Waals surface area contributed by atoms with Crippen LogP contribution in [0, 0.1) is 17.8 Å². The van der Waals surface area contributed by atoms with Crippen LogP contribution in [0.4, 0.5) is 5.00 Å². The van der Waals surface area contributed by atoms with Gasteiger partial charge in [0, 0.05) is 17.3 Å². The summed E-state index contributed by atoms with van der Waals surface area (Å²) in [6.45, 7) is 4.42. The molecule has 0 amide bonds. The van der Waals surface area contributed by atoms with E-state index in [4.69, 9.17) is 17.0 Å². The summed E-state index contributed by atoms with van der Waals surface area (Å²) in [6, 6.07) is 12.5. The van der Waals surface area contributed by atoms with Crippen molar-refractivity contribution in [2.45, 2.75) is 52.0 Å². The molecule has 2 fully saturated rings. The summed E-state index contributed by atoms with van der Waals surface area (Å²) in [6.07, 6.45) is 6.25. The Hall–Kier alpha value is -1.92. The zero-order valence-corrected chi connectivity index (χ0v) is 19.3. The van der Waals surface area contributed by atoms with Crippen LogP contribution in [-0.2, 0) is 11.2 Å². The van der Waals surface area contributed by atoms with E-state index in [1.54, 1.807) is 11.3 Å². The molecule has 4 nitrogen and oxygen atoms in total. The van der Waals surface area contributed by atoms with Crippen LogP contribution in [0.15, 0.2) is 36.4 Å². The van der Waals surface area contributed by atoms with Crippen molar-refractivity contribution in [3.8, 4) is 0 Å². The maximum absolute atomic E-state index is 12.5. The maximum Gasteiger partial charge on any atom is 0.341 e. The maximum atomic E-state index is 12.5. The standard InChI is InChI=1S/C24H30N2O2S2/c1-3-28-23(27)21-14-19(12-16-7-5-4-6-8-16)30-22(21)26-24(29)25-15(2)20-13-17-9-10-18(20)11-17/h4-8,14-15,17-18,20H,3,9-13H2,1-2H3,(H2,25,26,29). The first-order chi connectivity index (χ1) is 14.5. The number of carbonyl (C=O) groups is 1. The molecule has 2 aromatic rings. The Bertz CT molecular complexity index is 896. The summed E-state index contributed by atoms with van der Waals surface area (Å²) in [5.41, 5.74) is 1.77. The summed E-state index contributed by atoms with van der Waals surface area (Å²) in [7, 11) is 0. The number of thiophene rings is 1. The molecule has 1 aromatic heterocycles. The highest BCUT2D eigenvalue weighted by Crippen LogP contribution is 2.49. The Morgan fingerprint density at radius 1 is 1.27 bits per heavy atom. The number of esters is 1. The average molecular weight is 443 g/mol. The first-order valence-electron chi connectivity index (χ1n) is 10.9. The van der Waals surface area contributed by atoms with E-state index in [-0.39, 0.29) is 5.97 Å². The Morgan fingerprint density at radius 2 is 2.07 bits per heavy atom. The Labute approximate surface area is 188 Å². The van der Waals surface area contributed by atoms with Crippen molar-refractivity contribution in [2.24, 2.45) is 17.8 Å². The predicted molar refractivity (Wildman–Crippen MR) is 127 cm³/mol. The molecule has 1 aromatic carbocycles. The van der Waals surface area contributed by atoms with Gasteiger partial charge in [0.25, 0.3) is 0 Å². The third-order valence-corrected chi connectivity index (χ3v) is 7.79. The molecule has 4 atom stereocenters. The lowest BCUT2D eigenvalue weighted by atomic mass is 9.84. The summed E-state index contributed by atoms with van der Waals surface area (Å²) in [5, 5.41) is 8.13. The normalized spacial score (nSPS) is 23.2. The molecule has 0 aliphatic heterocycles. The molecule has 0 spiro atoms. The lowest BCUT2D eigenvalue weighted by Crippen LogP contribution is -2.42. The van der Waals surface area contributed by atoms with Gasteiger partial charge in [-0.1, -0.05) is 36.8 Å². The molecule has 2 bridgehead atoms. The zero-order chi connectivity index (χ0) is 21.1. The third kappa shape index (κ3) is 4.86. The van der Waals surface area contributed by atoms with E-state index in [0.29, 0.717) is 29.2 Å². The molecule has 2 N–H and O–H groups in total. The van der Waals surface area contributed by atoms with Crippen LogP contribution >= 0.6 is 23.6 Å². The lowest BCUT2D eigenvalue weighted by Gasteiger charge is -2.29. The Balaban J connectivity index is 1.44. The summed E-state index contributed by atoms with van der Waals surface area (Å²) >= 11 is 7.18. The van der Waals surface area contributed by atoms with Crippen molar-refractivity contribution in [1.82, 2.24) is 5.32 Å². The third-order valence-electron chi connectivity index (χ3n) is 6.52. The highest BCUT2D eigenvalue weighted by Gasteiger charge is 2.41. The summed E-state index contributed by atoms with van der Waals surface area (Å²) in [4.78, 5) is 13.6. The minimum absolute atomic E-state index is 0.306. The van der Waals surface area contributed by atoms with Crippen LogP contribution in [0.25, 0.3) is 0 Å². The van der Waals surface area contributed by atoms with E-state index >= 15 is 0 Å². The number of benzene rings is 1. The number of fused-ring (bicyclic) bond motifs is 2.